The maximum absolute atomic E-state index is 11.7. The van der Waals surface area contributed by atoms with Gasteiger partial charge in [0.1, 0.15) is 0 Å². The summed E-state index contributed by atoms with van der Waals surface area (Å²) >= 11 is 7.57. The lowest BCUT2D eigenvalue weighted by molar-refractivity contribution is -0.121. The van der Waals surface area contributed by atoms with Crippen LogP contribution in [0.15, 0.2) is 53.6 Å². The lowest BCUT2D eigenvalue weighted by Gasteiger charge is -2.05. The first-order valence-electron chi connectivity index (χ1n) is 6.79. The van der Waals surface area contributed by atoms with Crippen LogP contribution >= 0.6 is 23.4 Å². The summed E-state index contributed by atoms with van der Waals surface area (Å²) in [7, 11) is 0. The topological polar surface area (TPSA) is 42.0 Å². The highest BCUT2D eigenvalue weighted by Gasteiger charge is 2.02. The molecular formula is C16H17ClN2OS. The van der Waals surface area contributed by atoms with Crippen molar-refractivity contribution < 1.29 is 4.79 Å². The van der Waals surface area contributed by atoms with Gasteiger partial charge in [0.2, 0.25) is 5.91 Å². The number of carbonyl (C=O) groups is 1. The standard InChI is InChI=1S/C16H17ClN2OS/c17-13-6-8-15(9-7-13)21-11-3-5-16(20)19-12-14-4-1-2-10-18-14/h1-2,4,6-10H,3,5,11-12H2,(H,19,20). The van der Waals surface area contributed by atoms with Crippen molar-refractivity contribution in [2.24, 2.45) is 0 Å². The number of nitrogens with one attached hydrogen (secondary N) is 1. The molecule has 2 rings (SSSR count). The van der Waals surface area contributed by atoms with E-state index in [0.29, 0.717) is 13.0 Å². The Kier molecular flexibility index (Phi) is 6.57. The molecule has 0 saturated carbocycles. The van der Waals surface area contributed by atoms with Gasteiger partial charge in [-0.25, -0.2) is 0 Å². The summed E-state index contributed by atoms with van der Waals surface area (Å²) in [5.41, 5.74) is 0.876. The SMILES string of the molecule is O=C(CCCSc1ccc(Cl)cc1)NCc1ccccn1. The quantitative estimate of drug-likeness (QED) is 0.621. The molecule has 110 valence electrons. The van der Waals surface area contributed by atoms with Gasteiger partial charge in [-0.1, -0.05) is 17.7 Å². The molecule has 1 amide bonds. The molecule has 0 saturated heterocycles. The Balaban J connectivity index is 1.60. The summed E-state index contributed by atoms with van der Waals surface area (Å²) < 4.78 is 0. The van der Waals surface area contributed by atoms with Gasteiger partial charge in [0.15, 0.2) is 0 Å². The number of rotatable bonds is 7. The Bertz CT molecular complexity index is 560. The molecular weight excluding hydrogens is 304 g/mol. The van der Waals surface area contributed by atoms with E-state index in [-0.39, 0.29) is 5.91 Å². The van der Waals surface area contributed by atoms with Crippen molar-refractivity contribution in [3.05, 3.63) is 59.4 Å². The Morgan fingerprint density at radius 1 is 1.19 bits per heavy atom. The van der Waals surface area contributed by atoms with E-state index in [0.717, 1.165) is 22.9 Å². The summed E-state index contributed by atoms with van der Waals surface area (Å²) in [6.07, 6.45) is 3.11. The Morgan fingerprint density at radius 2 is 2.00 bits per heavy atom. The van der Waals surface area contributed by atoms with Crippen LogP contribution in [0, 0.1) is 0 Å². The highest BCUT2D eigenvalue weighted by molar-refractivity contribution is 7.99. The van der Waals surface area contributed by atoms with Crippen LogP contribution in [-0.2, 0) is 11.3 Å². The highest BCUT2D eigenvalue weighted by atomic mass is 35.5. The van der Waals surface area contributed by atoms with Crippen molar-refractivity contribution in [1.82, 2.24) is 10.3 Å². The molecule has 3 nitrogen and oxygen atoms in total. The molecule has 0 spiro atoms. The Hall–Kier alpha value is -1.52. The third-order valence-electron chi connectivity index (χ3n) is 2.82. The van der Waals surface area contributed by atoms with Crippen molar-refractivity contribution in [3.63, 3.8) is 0 Å². The number of halogens is 1. The second kappa shape index (κ2) is 8.70. The van der Waals surface area contributed by atoms with E-state index in [9.17, 15) is 4.79 Å². The molecule has 21 heavy (non-hydrogen) atoms. The van der Waals surface area contributed by atoms with E-state index in [4.69, 9.17) is 11.6 Å². The smallest absolute Gasteiger partial charge is 0.220 e. The predicted molar refractivity (Wildman–Crippen MR) is 87.5 cm³/mol. The average molecular weight is 321 g/mol. The van der Waals surface area contributed by atoms with Crippen molar-refractivity contribution >= 4 is 29.3 Å². The third kappa shape index (κ3) is 6.19. The van der Waals surface area contributed by atoms with Crippen LogP contribution in [0.5, 0.6) is 0 Å². The highest BCUT2D eigenvalue weighted by Crippen LogP contribution is 2.21. The van der Waals surface area contributed by atoms with Gasteiger partial charge in [-0.15, -0.1) is 11.8 Å². The van der Waals surface area contributed by atoms with Crippen molar-refractivity contribution in [2.75, 3.05) is 5.75 Å². The van der Waals surface area contributed by atoms with Crippen molar-refractivity contribution in [1.29, 1.82) is 0 Å². The fourth-order valence-corrected chi connectivity index (χ4v) is 2.71. The van der Waals surface area contributed by atoms with Crippen LogP contribution in [0.4, 0.5) is 0 Å². The second-order valence-electron chi connectivity index (χ2n) is 4.50. The zero-order valence-electron chi connectivity index (χ0n) is 11.6. The summed E-state index contributed by atoms with van der Waals surface area (Å²) in [5, 5.41) is 3.62. The van der Waals surface area contributed by atoms with Gasteiger partial charge >= 0.3 is 0 Å². The molecule has 1 heterocycles. The molecule has 0 aliphatic carbocycles. The normalized spacial score (nSPS) is 10.3. The summed E-state index contributed by atoms with van der Waals surface area (Å²) in [6.45, 7) is 0.490. The van der Waals surface area contributed by atoms with E-state index in [2.05, 4.69) is 10.3 Å². The first kappa shape index (κ1) is 15.9. The zero-order valence-corrected chi connectivity index (χ0v) is 13.2. The summed E-state index contributed by atoms with van der Waals surface area (Å²) in [5.74, 6) is 0.982. The second-order valence-corrected chi connectivity index (χ2v) is 6.11. The number of hydrogen-bond donors (Lipinski definition) is 1. The lowest BCUT2D eigenvalue weighted by Crippen LogP contribution is -2.22. The molecule has 0 fully saturated rings. The van der Waals surface area contributed by atoms with Gasteiger partial charge in [0.05, 0.1) is 12.2 Å². The average Bonchev–Trinajstić information content (AvgIpc) is 2.52. The number of aromatic nitrogens is 1. The molecule has 2 aromatic rings. The van der Waals surface area contributed by atoms with Crippen LogP contribution in [0.3, 0.4) is 0 Å². The molecule has 0 unspecified atom stereocenters. The van der Waals surface area contributed by atoms with Gasteiger partial charge in [-0.2, -0.15) is 0 Å². The molecule has 5 heteroatoms. The number of amides is 1. The van der Waals surface area contributed by atoms with Gasteiger partial charge in [0, 0.05) is 22.5 Å². The largest absolute Gasteiger partial charge is 0.350 e. The van der Waals surface area contributed by atoms with Gasteiger partial charge in [0.25, 0.3) is 0 Å². The summed E-state index contributed by atoms with van der Waals surface area (Å²) in [4.78, 5) is 17.0. The summed E-state index contributed by atoms with van der Waals surface area (Å²) in [6, 6.07) is 13.4. The molecule has 0 radical (unpaired) electrons. The minimum atomic E-state index is 0.0670. The Morgan fingerprint density at radius 3 is 2.71 bits per heavy atom. The van der Waals surface area contributed by atoms with Gasteiger partial charge in [-0.05, 0) is 48.6 Å². The molecule has 0 aliphatic rings. The van der Waals surface area contributed by atoms with Crippen LogP contribution in [0.2, 0.25) is 5.02 Å². The number of pyridine rings is 1. The predicted octanol–water partition coefficient (Wildman–Crippen LogP) is 3.92. The van der Waals surface area contributed by atoms with Gasteiger partial charge in [-0.3, -0.25) is 9.78 Å². The fraction of sp³-hybridized carbons (Fsp3) is 0.250. The van der Waals surface area contributed by atoms with E-state index in [1.165, 1.54) is 4.90 Å². The molecule has 0 aliphatic heterocycles. The van der Waals surface area contributed by atoms with Crippen LogP contribution < -0.4 is 5.32 Å². The monoisotopic (exact) mass is 320 g/mol. The number of benzene rings is 1. The minimum Gasteiger partial charge on any atom is -0.350 e. The first-order chi connectivity index (χ1) is 10.2. The van der Waals surface area contributed by atoms with Crippen molar-refractivity contribution in [2.45, 2.75) is 24.3 Å². The third-order valence-corrected chi connectivity index (χ3v) is 4.17. The molecule has 1 aromatic carbocycles. The number of nitrogens with zero attached hydrogens (tertiary/aromatic N) is 1. The fourth-order valence-electron chi connectivity index (χ4n) is 1.73. The van der Waals surface area contributed by atoms with E-state index in [1.54, 1.807) is 18.0 Å². The van der Waals surface area contributed by atoms with E-state index < -0.39 is 0 Å². The molecule has 0 bridgehead atoms. The van der Waals surface area contributed by atoms with E-state index in [1.807, 2.05) is 42.5 Å². The number of thioether (sulfide) groups is 1. The van der Waals surface area contributed by atoms with Crippen LogP contribution in [-0.4, -0.2) is 16.6 Å². The molecule has 0 atom stereocenters. The number of hydrogen-bond acceptors (Lipinski definition) is 3. The van der Waals surface area contributed by atoms with Crippen LogP contribution in [0.1, 0.15) is 18.5 Å². The number of carbonyl (C=O) groups excluding carboxylic acids is 1. The van der Waals surface area contributed by atoms with E-state index >= 15 is 0 Å². The van der Waals surface area contributed by atoms with Crippen LogP contribution in [0.25, 0.3) is 0 Å². The maximum atomic E-state index is 11.7. The van der Waals surface area contributed by atoms with Gasteiger partial charge < -0.3 is 5.32 Å². The zero-order chi connectivity index (χ0) is 14.9. The Labute approximate surface area is 134 Å². The first-order valence-corrected chi connectivity index (χ1v) is 8.15. The molecule has 1 aromatic heterocycles. The maximum Gasteiger partial charge on any atom is 0.220 e. The van der Waals surface area contributed by atoms with Crippen molar-refractivity contribution in [3.8, 4) is 0 Å². The molecule has 1 N–H and O–H groups in total. The lowest BCUT2D eigenvalue weighted by atomic mass is 10.3. The minimum absolute atomic E-state index is 0.0670.